The zero-order valence-corrected chi connectivity index (χ0v) is 6.95. The molecule has 0 unspecified atom stereocenters. The summed E-state index contributed by atoms with van der Waals surface area (Å²) in [6, 6.07) is 3.02. The highest BCUT2D eigenvalue weighted by Crippen LogP contribution is 2.35. The fourth-order valence-corrected chi connectivity index (χ4v) is 1.04. The van der Waals surface area contributed by atoms with E-state index in [-0.39, 0.29) is 5.69 Å². The summed E-state index contributed by atoms with van der Waals surface area (Å²) in [7, 11) is 0. The second-order valence-electron chi connectivity index (χ2n) is 2.30. The lowest BCUT2D eigenvalue weighted by atomic mass is 10.2. The van der Waals surface area contributed by atoms with Crippen molar-refractivity contribution in [1.29, 1.82) is 0 Å². The van der Waals surface area contributed by atoms with Gasteiger partial charge in [0.15, 0.2) is 0 Å². The van der Waals surface area contributed by atoms with Crippen LogP contribution in [0.3, 0.4) is 0 Å². The van der Waals surface area contributed by atoms with E-state index >= 15 is 0 Å². The second-order valence-corrected chi connectivity index (χ2v) is 2.71. The van der Waals surface area contributed by atoms with E-state index in [1.54, 1.807) is 5.48 Å². The minimum Gasteiger partial charge on any atom is -0.291 e. The third-order valence-electron chi connectivity index (χ3n) is 1.40. The average molecular weight is 212 g/mol. The standard InChI is InChI=1S/C7H5ClF3NO/c8-6-2-1-4(12-13)3-5(6)7(9,10)11/h1-3,12-13H. The van der Waals surface area contributed by atoms with Gasteiger partial charge in [0.05, 0.1) is 16.3 Å². The molecule has 0 amide bonds. The Balaban J connectivity index is 3.19. The highest BCUT2D eigenvalue weighted by Gasteiger charge is 2.33. The molecule has 1 aromatic rings. The molecule has 0 aliphatic rings. The zero-order valence-electron chi connectivity index (χ0n) is 6.19. The van der Waals surface area contributed by atoms with Gasteiger partial charge in [0.1, 0.15) is 0 Å². The fourth-order valence-electron chi connectivity index (χ4n) is 0.812. The van der Waals surface area contributed by atoms with E-state index in [2.05, 4.69) is 0 Å². The van der Waals surface area contributed by atoms with Gasteiger partial charge in [0, 0.05) is 0 Å². The first-order valence-electron chi connectivity index (χ1n) is 3.22. The predicted octanol–water partition coefficient (Wildman–Crippen LogP) is 3.16. The molecular formula is C7H5ClF3NO. The van der Waals surface area contributed by atoms with E-state index in [4.69, 9.17) is 16.8 Å². The number of alkyl halides is 3. The van der Waals surface area contributed by atoms with Crippen molar-refractivity contribution in [3.63, 3.8) is 0 Å². The maximum atomic E-state index is 12.2. The summed E-state index contributed by atoms with van der Waals surface area (Å²) < 4.78 is 36.5. The Kier molecular flexibility index (Phi) is 2.68. The first-order valence-corrected chi connectivity index (χ1v) is 3.60. The summed E-state index contributed by atoms with van der Waals surface area (Å²) >= 11 is 5.31. The Hall–Kier alpha value is -0.940. The number of halogens is 4. The van der Waals surface area contributed by atoms with Gasteiger partial charge in [0.25, 0.3) is 0 Å². The molecule has 0 heterocycles. The topological polar surface area (TPSA) is 32.3 Å². The average Bonchev–Trinajstić information content (AvgIpc) is 2.03. The van der Waals surface area contributed by atoms with Gasteiger partial charge in [-0.1, -0.05) is 11.6 Å². The minimum atomic E-state index is -4.51. The highest BCUT2D eigenvalue weighted by molar-refractivity contribution is 6.31. The molecule has 0 spiro atoms. The van der Waals surface area contributed by atoms with Gasteiger partial charge < -0.3 is 0 Å². The minimum absolute atomic E-state index is 0.0586. The third-order valence-corrected chi connectivity index (χ3v) is 1.73. The Morgan fingerprint density at radius 2 is 1.92 bits per heavy atom. The van der Waals surface area contributed by atoms with Crippen LogP contribution in [-0.2, 0) is 6.18 Å². The second kappa shape index (κ2) is 3.43. The van der Waals surface area contributed by atoms with Crippen molar-refractivity contribution in [1.82, 2.24) is 0 Å². The molecule has 0 aliphatic carbocycles. The largest absolute Gasteiger partial charge is 0.417 e. The van der Waals surface area contributed by atoms with Gasteiger partial charge >= 0.3 is 6.18 Å². The normalized spacial score (nSPS) is 11.5. The van der Waals surface area contributed by atoms with Crippen LogP contribution in [-0.4, -0.2) is 5.21 Å². The quantitative estimate of drug-likeness (QED) is 0.700. The van der Waals surface area contributed by atoms with E-state index in [0.717, 1.165) is 12.1 Å². The molecule has 0 saturated heterocycles. The van der Waals surface area contributed by atoms with Gasteiger partial charge in [-0.25, -0.2) is 0 Å². The molecule has 2 N–H and O–H groups in total. The number of nitrogens with one attached hydrogen (secondary N) is 1. The summed E-state index contributed by atoms with van der Waals surface area (Å²) in [5.41, 5.74) is 0.571. The SMILES string of the molecule is ONc1ccc(Cl)c(C(F)(F)F)c1. The van der Waals surface area contributed by atoms with Crippen LogP contribution in [0.5, 0.6) is 0 Å². The van der Waals surface area contributed by atoms with E-state index in [9.17, 15) is 13.2 Å². The van der Waals surface area contributed by atoms with Crippen molar-refractivity contribution in [2.24, 2.45) is 0 Å². The molecule has 1 rings (SSSR count). The van der Waals surface area contributed by atoms with Gasteiger partial charge in [-0.15, -0.1) is 0 Å². The maximum Gasteiger partial charge on any atom is 0.417 e. The first-order chi connectivity index (χ1) is 5.95. The number of benzene rings is 1. The molecule has 1 aromatic carbocycles. The van der Waals surface area contributed by atoms with Crippen molar-refractivity contribution in [2.45, 2.75) is 6.18 Å². The molecule has 2 nitrogen and oxygen atoms in total. The van der Waals surface area contributed by atoms with Gasteiger partial charge in [-0.3, -0.25) is 10.7 Å². The van der Waals surface area contributed by atoms with Crippen molar-refractivity contribution < 1.29 is 18.4 Å². The molecule has 0 bridgehead atoms. The van der Waals surface area contributed by atoms with E-state index in [0.29, 0.717) is 0 Å². The Bertz CT molecular complexity index is 313. The molecule has 0 aromatic heterocycles. The summed E-state index contributed by atoms with van der Waals surface area (Å²) in [6.45, 7) is 0. The van der Waals surface area contributed by atoms with Gasteiger partial charge in [-0.05, 0) is 18.2 Å². The number of anilines is 1. The van der Waals surface area contributed by atoms with E-state index in [1.165, 1.54) is 6.07 Å². The van der Waals surface area contributed by atoms with Crippen LogP contribution in [0.2, 0.25) is 5.02 Å². The van der Waals surface area contributed by atoms with E-state index in [1.807, 2.05) is 0 Å². The molecular weight excluding hydrogens is 207 g/mol. The van der Waals surface area contributed by atoms with Crippen LogP contribution >= 0.6 is 11.6 Å². The van der Waals surface area contributed by atoms with E-state index < -0.39 is 16.8 Å². The van der Waals surface area contributed by atoms with Crippen LogP contribution in [0.4, 0.5) is 18.9 Å². The number of rotatable bonds is 1. The Labute approximate surface area is 76.9 Å². The fraction of sp³-hybridized carbons (Fsp3) is 0.143. The molecule has 0 aliphatic heterocycles. The van der Waals surface area contributed by atoms with Crippen molar-refractivity contribution in [3.8, 4) is 0 Å². The summed E-state index contributed by atoms with van der Waals surface area (Å²) in [5.74, 6) is 0. The zero-order chi connectivity index (χ0) is 10.1. The molecule has 72 valence electrons. The number of hydrogen-bond donors (Lipinski definition) is 2. The summed E-state index contributed by atoms with van der Waals surface area (Å²) in [4.78, 5) is 0. The number of hydrogen-bond acceptors (Lipinski definition) is 2. The van der Waals surface area contributed by atoms with Crippen LogP contribution in [0.25, 0.3) is 0 Å². The Morgan fingerprint density at radius 3 is 2.38 bits per heavy atom. The maximum absolute atomic E-state index is 12.2. The van der Waals surface area contributed by atoms with Gasteiger partial charge in [-0.2, -0.15) is 13.2 Å². The third kappa shape index (κ3) is 2.26. The van der Waals surface area contributed by atoms with Crippen LogP contribution < -0.4 is 5.48 Å². The van der Waals surface area contributed by atoms with Crippen LogP contribution in [0.1, 0.15) is 5.56 Å². The van der Waals surface area contributed by atoms with Gasteiger partial charge in [0.2, 0.25) is 0 Å². The molecule has 6 heteroatoms. The molecule has 13 heavy (non-hydrogen) atoms. The lowest BCUT2D eigenvalue weighted by Crippen LogP contribution is -2.06. The molecule has 0 saturated carbocycles. The lowest BCUT2D eigenvalue weighted by molar-refractivity contribution is -0.137. The van der Waals surface area contributed by atoms with Crippen LogP contribution in [0, 0.1) is 0 Å². The van der Waals surface area contributed by atoms with Crippen molar-refractivity contribution in [2.75, 3.05) is 5.48 Å². The molecule has 0 radical (unpaired) electrons. The van der Waals surface area contributed by atoms with Crippen molar-refractivity contribution in [3.05, 3.63) is 28.8 Å². The predicted molar refractivity (Wildman–Crippen MR) is 41.9 cm³/mol. The first kappa shape index (κ1) is 10.1. The van der Waals surface area contributed by atoms with Crippen molar-refractivity contribution >= 4 is 17.3 Å². The molecule has 0 fully saturated rings. The smallest absolute Gasteiger partial charge is 0.291 e. The Morgan fingerprint density at radius 1 is 1.31 bits per heavy atom. The molecule has 0 atom stereocenters. The van der Waals surface area contributed by atoms with Crippen LogP contribution in [0.15, 0.2) is 18.2 Å². The lowest BCUT2D eigenvalue weighted by Gasteiger charge is -2.09. The highest BCUT2D eigenvalue weighted by atomic mass is 35.5. The summed E-state index contributed by atoms with van der Waals surface area (Å²) in [5, 5.41) is 7.96. The monoisotopic (exact) mass is 211 g/mol. The summed E-state index contributed by atoms with van der Waals surface area (Å²) in [6.07, 6.45) is -4.51.